The molecule has 4 nitrogen and oxygen atoms in total. The second-order valence-corrected chi connectivity index (χ2v) is 7.33. The van der Waals surface area contributed by atoms with Crippen LogP contribution in [0.15, 0.2) is 23.1 Å². The third kappa shape index (κ3) is 2.32. The Morgan fingerprint density at radius 1 is 1.26 bits per heavy atom. The molecule has 0 atom stereocenters. The number of sulfone groups is 1. The number of benzene rings is 1. The molecule has 1 aliphatic rings. The normalized spacial score (nSPS) is 16.5. The van der Waals surface area contributed by atoms with Gasteiger partial charge in [-0.3, -0.25) is 0 Å². The van der Waals surface area contributed by atoms with Gasteiger partial charge in [-0.05, 0) is 31.0 Å². The van der Waals surface area contributed by atoms with Crippen LogP contribution in [0.2, 0.25) is 5.15 Å². The first-order valence-corrected chi connectivity index (χ1v) is 8.39. The third-order valence-electron chi connectivity index (χ3n) is 3.54. The highest BCUT2D eigenvalue weighted by atomic mass is 35.5. The second-order valence-electron chi connectivity index (χ2n) is 4.95. The molecular formula is C13H13ClN2O2S. The van der Waals surface area contributed by atoms with E-state index in [-0.39, 0.29) is 4.90 Å². The predicted molar refractivity (Wildman–Crippen MR) is 74.2 cm³/mol. The van der Waals surface area contributed by atoms with Crippen molar-refractivity contribution in [1.82, 2.24) is 9.97 Å². The van der Waals surface area contributed by atoms with Gasteiger partial charge in [0, 0.05) is 17.6 Å². The zero-order valence-electron chi connectivity index (χ0n) is 10.4. The molecule has 0 aliphatic heterocycles. The number of fused-ring (bicyclic) bond motifs is 1. The lowest BCUT2D eigenvalue weighted by Gasteiger charge is -2.24. The van der Waals surface area contributed by atoms with E-state index in [1.165, 1.54) is 18.7 Å². The van der Waals surface area contributed by atoms with Crippen LogP contribution >= 0.6 is 11.6 Å². The van der Waals surface area contributed by atoms with Crippen molar-refractivity contribution in [3.05, 3.63) is 29.2 Å². The van der Waals surface area contributed by atoms with E-state index >= 15 is 0 Å². The molecule has 0 bridgehead atoms. The van der Waals surface area contributed by atoms with Gasteiger partial charge in [-0.2, -0.15) is 0 Å². The second kappa shape index (κ2) is 4.42. The van der Waals surface area contributed by atoms with E-state index < -0.39 is 9.84 Å². The Balaban J connectivity index is 2.17. The van der Waals surface area contributed by atoms with Crippen molar-refractivity contribution in [2.45, 2.75) is 30.1 Å². The molecule has 6 heteroatoms. The molecule has 2 aromatic rings. The van der Waals surface area contributed by atoms with Gasteiger partial charge in [-0.25, -0.2) is 18.4 Å². The quantitative estimate of drug-likeness (QED) is 0.799. The Morgan fingerprint density at radius 2 is 2.00 bits per heavy atom. The molecule has 1 saturated carbocycles. The van der Waals surface area contributed by atoms with E-state index in [9.17, 15) is 8.42 Å². The summed E-state index contributed by atoms with van der Waals surface area (Å²) in [5.74, 6) is 1.17. The van der Waals surface area contributed by atoms with Gasteiger partial charge in [0.1, 0.15) is 11.0 Å². The van der Waals surface area contributed by atoms with Gasteiger partial charge < -0.3 is 0 Å². The van der Waals surface area contributed by atoms with Gasteiger partial charge >= 0.3 is 0 Å². The maximum atomic E-state index is 11.5. The zero-order valence-corrected chi connectivity index (χ0v) is 12.0. The van der Waals surface area contributed by atoms with Crippen molar-refractivity contribution in [3.63, 3.8) is 0 Å². The highest BCUT2D eigenvalue weighted by Crippen LogP contribution is 2.36. The van der Waals surface area contributed by atoms with E-state index in [0.717, 1.165) is 18.7 Å². The summed E-state index contributed by atoms with van der Waals surface area (Å²) in [5.41, 5.74) is 0.703. The minimum atomic E-state index is -3.25. The number of aromatic nitrogens is 2. The van der Waals surface area contributed by atoms with Gasteiger partial charge in [0.05, 0.1) is 10.4 Å². The maximum absolute atomic E-state index is 11.5. The van der Waals surface area contributed by atoms with Crippen LogP contribution in [0.3, 0.4) is 0 Å². The fourth-order valence-electron chi connectivity index (χ4n) is 2.17. The summed E-state index contributed by atoms with van der Waals surface area (Å²) in [7, 11) is -3.25. The lowest BCUT2D eigenvalue weighted by Crippen LogP contribution is -2.12. The van der Waals surface area contributed by atoms with Gasteiger partial charge in [0.2, 0.25) is 0 Å². The first kappa shape index (κ1) is 12.8. The standard InChI is InChI=1S/C13H13ClN2O2S/c1-19(17,18)9-5-6-11-10(7-9)12(14)16-13(15-11)8-3-2-4-8/h5-8H,2-4H2,1H3. The molecule has 0 radical (unpaired) electrons. The summed E-state index contributed by atoms with van der Waals surface area (Å²) in [5, 5.41) is 0.921. The lowest BCUT2D eigenvalue weighted by molar-refractivity contribution is 0.402. The molecule has 0 amide bonds. The van der Waals surface area contributed by atoms with Crippen molar-refractivity contribution in [2.75, 3.05) is 6.26 Å². The number of hydrogen-bond acceptors (Lipinski definition) is 4. The Morgan fingerprint density at radius 3 is 2.58 bits per heavy atom. The molecule has 1 aromatic heterocycles. The number of hydrogen-bond donors (Lipinski definition) is 0. The van der Waals surface area contributed by atoms with E-state index in [0.29, 0.717) is 22.0 Å². The van der Waals surface area contributed by atoms with Gasteiger partial charge in [0.25, 0.3) is 0 Å². The van der Waals surface area contributed by atoms with Crippen molar-refractivity contribution in [1.29, 1.82) is 0 Å². The molecule has 1 aliphatic carbocycles. The summed E-state index contributed by atoms with van der Waals surface area (Å²) in [6.45, 7) is 0. The predicted octanol–water partition coefficient (Wildman–Crippen LogP) is 2.95. The zero-order chi connectivity index (χ0) is 13.6. The third-order valence-corrected chi connectivity index (χ3v) is 4.93. The molecular weight excluding hydrogens is 284 g/mol. The Bertz CT molecular complexity index is 755. The number of rotatable bonds is 2. The minimum Gasteiger partial charge on any atom is -0.232 e. The van der Waals surface area contributed by atoms with E-state index in [4.69, 9.17) is 11.6 Å². The lowest BCUT2D eigenvalue weighted by atomic mass is 9.85. The highest BCUT2D eigenvalue weighted by Gasteiger charge is 2.23. The Labute approximate surface area is 116 Å². The Hall–Kier alpha value is -1.20. The fourth-order valence-corrected chi connectivity index (χ4v) is 3.05. The smallest absolute Gasteiger partial charge is 0.175 e. The molecule has 0 N–H and O–H groups in total. The molecule has 1 heterocycles. The van der Waals surface area contributed by atoms with Crippen LogP contribution in [0, 0.1) is 0 Å². The molecule has 100 valence electrons. The van der Waals surface area contributed by atoms with Crippen LogP contribution in [0.4, 0.5) is 0 Å². The van der Waals surface area contributed by atoms with Crippen LogP contribution in [0.1, 0.15) is 31.0 Å². The van der Waals surface area contributed by atoms with Gasteiger partial charge in [-0.1, -0.05) is 18.0 Å². The van der Waals surface area contributed by atoms with Crippen molar-refractivity contribution >= 4 is 32.3 Å². The van der Waals surface area contributed by atoms with Gasteiger partial charge in [-0.15, -0.1) is 0 Å². The van der Waals surface area contributed by atoms with Crippen LogP contribution in [0.25, 0.3) is 10.9 Å². The number of nitrogens with zero attached hydrogens (tertiary/aromatic N) is 2. The average Bonchev–Trinajstić information content (AvgIpc) is 2.25. The summed E-state index contributed by atoms with van der Waals surface area (Å²) in [6.07, 6.45) is 4.58. The average molecular weight is 297 g/mol. The van der Waals surface area contributed by atoms with Crippen molar-refractivity contribution in [3.8, 4) is 0 Å². The van der Waals surface area contributed by atoms with Gasteiger partial charge in [0.15, 0.2) is 9.84 Å². The minimum absolute atomic E-state index is 0.238. The molecule has 0 unspecified atom stereocenters. The SMILES string of the molecule is CS(=O)(=O)c1ccc2nc(C3CCC3)nc(Cl)c2c1. The Kier molecular flexibility index (Phi) is 2.98. The van der Waals surface area contributed by atoms with E-state index in [2.05, 4.69) is 9.97 Å². The first-order valence-electron chi connectivity index (χ1n) is 6.12. The van der Waals surface area contributed by atoms with Crippen LogP contribution in [-0.4, -0.2) is 24.6 Å². The van der Waals surface area contributed by atoms with Crippen molar-refractivity contribution in [2.24, 2.45) is 0 Å². The molecule has 1 fully saturated rings. The number of halogens is 1. The molecule has 0 saturated heterocycles. The summed E-state index contributed by atoms with van der Waals surface area (Å²) >= 11 is 6.16. The molecule has 0 spiro atoms. The molecule has 19 heavy (non-hydrogen) atoms. The van der Waals surface area contributed by atoms with Crippen LogP contribution in [-0.2, 0) is 9.84 Å². The van der Waals surface area contributed by atoms with Crippen LogP contribution < -0.4 is 0 Å². The fraction of sp³-hybridized carbons (Fsp3) is 0.385. The topological polar surface area (TPSA) is 59.9 Å². The van der Waals surface area contributed by atoms with Crippen LogP contribution in [0.5, 0.6) is 0 Å². The van der Waals surface area contributed by atoms with E-state index in [1.807, 2.05) is 0 Å². The molecule has 1 aromatic carbocycles. The largest absolute Gasteiger partial charge is 0.232 e. The maximum Gasteiger partial charge on any atom is 0.175 e. The van der Waals surface area contributed by atoms with E-state index in [1.54, 1.807) is 12.1 Å². The molecule has 3 rings (SSSR count). The monoisotopic (exact) mass is 296 g/mol. The summed E-state index contributed by atoms with van der Waals surface area (Å²) in [4.78, 5) is 9.03. The summed E-state index contributed by atoms with van der Waals surface area (Å²) in [6, 6.07) is 4.80. The highest BCUT2D eigenvalue weighted by molar-refractivity contribution is 7.90. The summed E-state index contributed by atoms with van der Waals surface area (Å²) < 4.78 is 23.1. The van der Waals surface area contributed by atoms with Crippen molar-refractivity contribution < 1.29 is 8.42 Å². The first-order chi connectivity index (χ1) is 8.95.